The minimum Gasteiger partial charge on any atom is -0.473 e. The number of benzene rings is 3. The molecule has 0 atom stereocenters. The summed E-state index contributed by atoms with van der Waals surface area (Å²) in [5.41, 5.74) is 5.35. The third-order valence-electron chi connectivity index (χ3n) is 4.71. The molecule has 30 heavy (non-hydrogen) atoms. The Morgan fingerprint density at radius 2 is 1.47 bits per heavy atom. The van der Waals surface area contributed by atoms with Crippen LogP contribution in [0.2, 0.25) is 0 Å². The maximum absolute atomic E-state index is 11.8. The summed E-state index contributed by atoms with van der Waals surface area (Å²) in [5, 5.41) is 0. The molecule has 0 N–H and O–H groups in total. The van der Waals surface area contributed by atoms with Gasteiger partial charge in [-0.1, -0.05) is 72.8 Å². The lowest BCUT2D eigenvalue weighted by Crippen LogP contribution is -2.03. The zero-order chi connectivity index (χ0) is 20.8. The van der Waals surface area contributed by atoms with Crippen LogP contribution in [0.3, 0.4) is 0 Å². The molecule has 4 aromatic rings. The van der Waals surface area contributed by atoms with Gasteiger partial charge in [-0.3, -0.25) is 0 Å². The highest BCUT2D eigenvalue weighted by molar-refractivity contribution is 5.89. The molecule has 0 amide bonds. The van der Waals surface area contributed by atoms with Crippen molar-refractivity contribution < 1.29 is 14.3 Å². The largest absolute Gasteiger partial charge is 0.473 e. The average molecular weight is 395 g/mol. The molecular weight excluding hydrogens is 374 g/mol. The van der Waals surface area contributed by atoms with E-state index in [-0.39, 0.29) is 5.97 Å². The number of nitrogens with zero attached hydrogens (tertiary/aromatic N) is 1. The molecule has 3 aromatic carbocycles. The molecule has 4 nitrogen and oxygen atoms in total. The molecule has 1 heterocycles. The second-order valence-corrected chi connectivity index (χ2v) is 6.79. The Kier molecular flexibility index (Phi) is 5.85. The Bertz CT molecular complexity index is 1080. The number of carbonyl (C=O) groups excluding carboxylic acids is 1. The quantitative estimate of drug-likeness (QED) is 0.388. The summed E-state index contributed by atoms with van der Waals surface area (Å²) in [5.74, 6) is 0.158. The number of ether oxygens (including phenoxy) is 2. The van der Waals surface area contributed by atoms with E-state index in [9.17, 15) is 4.79 Å². The summed E-state index contributed by atoms with van der Waals surface area (Å²) < 4.78 is 10.8. The normalized spacial score (nSPS) is 10.4. The van der Waals surface area contributed by atoms with E-state index in [4.69, 9.17) is 14.5 Å². The first kappa shape index (κ1) is 19.4. The van der Waals surface area contributed by atoms with Crippen molar-refractivity contribution in [3.63, 3.8) is 0 Å². The van der Waals surface area contributed by atoms with Crippen molar-refractivity contribution >= 4 is 5.97 Å². The van der Waals surface area contributed by atoms with Crippen LogP contribution in [0, 0.1) is 0 Å². The van der Waals surface area contributed by atoms with Crippen molar-refractivity contribution in [1.29, 1.82) is 0 Å². The van der Waals surface area contributed by atoms with E-state index in [2.05, 4.69) is 18.2 Å². The van der Waals surface area contributed by atoms with Gasteiger partial charge >= 0.3 is 5.97 Å². The zero-order valence-corrected chi connectivity index (χ0v) is 16.6. The van der Waals surface area contributed by atoms with Gasteiger partial charge < -0.3 is 9.47 Å². The fraction of sp³-hybridized carbons (Fsp3) is 0.0769. The topological polar surface area (TPSA) is 48.4 Å². The van der Waals surface area contributed by atoms with Gasteiger partial charge in [-0.2, -0.15) is 0 Å². The van der Waals surface area contributed by atoms with Crippen LogP contribution in [0.5, 0.6) is 5.88 Å². The molecule has 0 aliphatic heterocycles. The molecule has 0 spiro atoms. The molecule has 148 valence electrons. The van der Waals surface area contributed by atoms with Crippen LogP contribution >= 0.6 is 0 Å². The lowest BCUT2D eigenvalue weighted by Gasteiger charge is -2.11. The Hall–Kier alpha value is -3.92. The predicted octanol–water partition coefficient (Wildman–Crippen LogP) is 5.78. The molecule has 4 heteroatoms. The monoisotopic (exact) mass is 395 g/mol. The van der Waals surface area contributed by atoms with Gasteiger partial charge in [0.1, 0.15) is 6.61 Å². The van der Waals surface area contributed by atoms with Gasteiger partial charge in [-0.05, 0) is 34.9 Å². The number of pyridine rings is 1. The molecule has 0 saturated heterocycles. The fourth-order valence-corrected chi connectivity index (χ4v) is 3.20. The molecule has 0 aliphatic rings. The Morgan fingerprint density at radius 1 is 0.767 bits per heavy atom. The van der Waals surface area contributed by atoms with Gasteiger partial charge in [0.05, 0.1) is 18.4 Å². The van der Waals surface area contributed by atoms with Crippen LogP contribution in [0.25, 0.3) is 22.4 Å². The summed E-state index contributed by atoms with van der Waals surface area (Å²) in [4.78, 5) is 16.5. The number of rotatable bonds is 6. The molecule has 0 bridgehead atoms. The molecule has 0 unspecified atom stereocenters. The van der Waals surface area contributed by atoms with Crippen molar-refractivity contribution in [3.05, 3.63) is 108 Å². The average Bonchev–Trinajstić information content (AvgIpc) is 2.83. The Labute approximate surface area is 175 Å². The van der Waals surface area contributed by atoms with Crippen LogP contribution in [0.15, 0.2) is 97.1 Å². The van der Waals surface area contributed by atoms with Gasteiger partial charge in [-0.15, -0.1) is 0 Å². The molecule has 0 radical (unpaired) electrons. The maximum Gasteiger partial charge on any atom is 0.337 e. The number of aromatic nitrogens is 1. The van der Waals surface area contributed by atoms with Gasteiger partial charge in [0.2, 0.25) is 5.88 Å². The molecule has 0 fully saturated rings. The highest BCUT2D eigenvalue weighted by atomic mass is 16.5. The second-order valence-electron chi connectivity index (χ2n) is 6.79. The standard InChI is InChI=1S/C26H21NO3/c1-29-26(28)22-14-8-9-19(15-22)18-30-25-17-23(20-10-4-2-5-11-20)16-24(27-25)21-12-6-3-7-13-21/h2-17H,18H2,1H3. The number of esters is 1. The number of hydrogen-bond acceptors (Lipinski definition) is 4. The maximum atomic E-state index is 11.8. The third kappa shape index (κ3) is 4.55. The zero-order valence-electron chi connectivity index (χ0n) is 16.6. The lowest BCUT2D eigenvalue weighted by molar-refractivity contribution is 0.0600. The Morgan fingerprint density at radius 3 is 2.17 bits per heavy atom. The van der Waals surface area contributed by atoms with Crippen molar-refractivity contribution in [2.45, 2.75) is 6.61 Å². The van der Waals surface area contributed by atoms with E-state index >= 15 is 0 Å². The summed E-state index contributed by atoms with van der Waals surface area (Å²) in [6.45, 7) is 0.296. The first-order chi connectivity index (χ1) is 14.7. The number of hydrogen-bond donors (Lipinski definition) is 0. The van der Waals surface area contributed by atoms with E-state index in [0.717, 1.165) is 27.9 Å². The van der Waals surface area contributed by atoms with Crippen LogP contribution < -0.4 is 4.74 Å². The van der Waals surface area contributed by atoms with E-state index in [0.29, 0.717) is 18.1 Å². The van der Waals surface area contributed by atoms with Gasteiger partial charge in [0, 0.05) is 11.6 Å². The number of carbonyl (C=O) groups is 1. The summed E-state index contributed by atoms with van der Waals surface area (Å²) >= 11 is 0. The molecular formula is C26H21NO3. The highest BCUT2D eigenvalue weighted by Gasteiger charge is 2.10. The van der Waals surface area contributed by atoms with E-state index in [1.165, 1.54) is 7.11 Å². The first-order valence-corrected chi connectivity index (χ1v) is 9.66. The van der Waals surface area contributed by atoms with E-state index < -0.39 is 0 Å². The van der Waals surface area contributed by atoms with Gasteiger partial charge in [-0.25, -0.2) is 9.78 Å². The van der Waals surface area contributed by atoms with E-state index in [1.807, 2.05) is 66.7 Å². The van der Waals surface area contributed by atoms with Crippen LogP contribution in [-0.2, 0) is 11.3 Å². The van der Waals surface area contributed by atoms with Crippen molar-refractivity contribution in [2.75, 3.05) is 7.11 Å². The summed E-state index contributed by atoms with van der Waals surface area (Å²) in [6.07, 6.45) is 0. The fourth-order valence-electron chi connectivity index (χ4n) is 3.20. The second kappa shape index (κ2) is 9.05. The molecule has 0 aliphatic carbocycles. The van der Waals surface area contributed by atoms with Gasteiger partial charge in [0.15, 0.2) is 0 Å². The van der Waals surface area contributed by atoms with Crippen molar-refractivity contribution in [3.8, 4) is 28.3 Å². The minimum atomic E-state index is -0.368. The van der Waals surface area contributed by atoms with Crippen LogP contribution in [-0.4, -0.2) is 18.1 Å². The van der Waals surface area contributed by atoms with Crippen molar-refractivity contribution in [1.82, 2.24) is 4.98 Å². The predicted molar refractivity (Wildman–Crippen MR) is 117 cm³/mol. The third-order valence-corrected chi connectivity index (χ3v) is 4.71. The van der Waals surface area contributed by atoms with Crippen LogP contribution in [0.4, 0.5) is 0 Å². The first-order valence-electron chi connectivity index (χ1n) is 9.66. The van der Waals surface area contributed by atoms with Crippen molar-refractivity contribution in [2.24, 2.45) is 0 Å². The summed E-state index contributed by atoms with van der Waals surface area (Å²) in [6, 6.07) is 31.4. The molecule has 1 aromatic heterocycles. The SMILES string of the molecule is COC(=O)c1cccc(COc2cc(-c3ccccc3)cc(-c3ccccc3)n2)c1. The summed E-state index contributed by atoms with van der Waals surface area (Å²) in [7, 11) is 1.37. The minimum absolute atomic E-state index is 0.296. The smallest absolute Gasteiger partial charge is 0.337 e. The van der Waals surface area contributed by atoms with Gasteiger partial charge in [0.25, 0.3) is 0 Å². The van der Waals surface area contributed by atoms with E-state index in [1.54, 1.807) is 12.1 Å². The van der Waals surface area contributed by atoms with Crippen LogP contribution in [0.1, 0.15) is 15.9 Å². The molecule has 4 rings (SSSR count). The Balaban J connectivity index is 1.65. The lowest BCUT2D eigenvalue weighted by atomic mass is 10.0. The number of methoxy groups -OCH3 is 1. The molecule has 0 saturated carbocycles. The highest BCUT2D eigenvalue weighted by Crippen LogP contribution is 2.29.